The molecule has 0 radical (unpaired) electrons. The lowest BCUT2D eigenvalue weighted by Gasteiger charge is -2.44. The highest BCUT2D eigenvalue weighted by atomic mass is 16.2. The topological polar surface area (TPSA) is 56.8 Å². The molecule has 4 rings (SSSR count). The minimum Gasteiger partial charge on any atom is -0.363 e. The van der Waals surface area contributed by atoms with Crippen molar-refractivity contribution in [3.8, 4) is 0 Å². The maximum Gasteiger partial charge on any atom is 0.255 e. The first-order valence-electron chi connectivity index (χ1n) is 10.7. The van der Waals surface area contributed by atoms with Crippen LogP contribution in [0, 0.1) is 5.41 Å². The fourth-order valence-electron chi connectivity index (χ4n) is 5.23. The molecule has 2 saturated heterocycles. The van der Waals surface area contributed by atoms with Crippen LogP contribution >= 0.6 is 0 Å². The van der Waals surface area contributed by atoms with E-state index >= 15 is 0 Å². The third kappa shape index (κ3) is 3.49. The molecule has 3 aliphatic rings. The molecule has 0 unspecified atom stereocenters. The van der Waals surface area contributed by atoms with Gasteiger partial charge in [0.1, 0.15) is 5.82 Å². The highest BCUT2D eigenvalue weighted by molar-refractivity contribution is 5.95. The van der Waals surface area contributed by atoms with E-state index in [0.717, 1.165) is 44.5 Å². The third-order valence-electron chi connectivity index (χ3n) is 6.88. The quantitative estimate of drug-likeness (QED) is 0.804. The van der Waals surface area contributed by atoms with E-state index in [4.69, 9.17) is 0 Å². The lowest BCUT2D eigenvalue weighted by Crippen LogP contribution is -2.54. The van der Waals surface area contributed by atoms with E-state index in [1.54, 1.807) is 6.20 Å². The SMILES string of the molecule is CN(C)c1ccc(C(=O)N2CC[C@@]3(CCCN(C4CCCCC4)C3=O)C2)cn1. The number of rotatable bonds is 3. The predicted molar refractivity (Wildman–Crippen MR) is 109 cm³/mol. The van der Waals surface area contributed by atoms with Gasteiger partial charge in [0, 0.05) is 46.0 Å². The average molecular weight is 385 g/mol. The van der Waals surface area contributed by atoms with Crippen LogP contribution < -0.4 is 4.90 Å². The lowest BCUT2D eigenvalue weighted by atomic mass is 9.77. The Labute approximate surface area is 167 Å². The number of piperidine rings is 1. The smallest absolute Gasteiger partial charge is 0.255 e. The van der Waals surface area contributed by atoms with E-state index in [-0.39, 0.29) is 11.3 Å². The second-order valence-corrected chi connectivity index (χ2v) is 8.95. The molecule has 28 heavy (non-hydrogen) atoms. The zero-order valence-corrected chi connectivity index (χ0v) is 17.2. The molecule has 1 saturated carbocycles. The average Bonchev–Trinajstić information content (AvgIpc) is 3.15. The largest absolute Gasteiger partial charge is 0.363 e. The summed E-state index contributed by atoms with van der Waals surface area (Å²) in [5.74, 6) is 1.14. The molecule has 152 valence electrons. The van der Waals surface area contributed by atoms with Gasteiger partial charge < -0.3 is 14.7 Å². The van der Waals surface area contributed by atoms with Gasteiger partial charge in [-0.3, -0.25) is 9.59 Å². The van der Waals surface area contributed by atoms with Crippen LogP contribution in [0.15, 0.2) is 18.3 Å². The van der Waals surface area contributed by atoms with E-state index in [1.165, 1.54) is 19.3 Å². The zero-order chi connectivity index (χ0) is 19.7. The van der Waals surface area contributed by atoms with Gasteiger partial charge in [-0.2, -0.15) is 0 Å². The molecule has 0 bridgehead atoms. The molecule has 6 nitrogen and oxygen atoms in total. The van der Waals surface area contributed by atoms with Crippen molar-refractivity contribution in [1.82, 2.24) is 14.8 Å². The van der Waals surface area contributed by atoms with Gasteiger partial charge in [-0.05, 0) is 44.2 Å². The highest BCUT2D eigenvalue weighted by Gasteiger charge is 2.50. The first-order valence-corrected chi connectivity index (χ1v) is 10.7. The number of amides is 2. The Morgan fingerprint density at radius 2 is 1.89 bits per heavy atom. The fraction of sp³-hybridized carbons (Fsp3) is 0.682. The van der Waals surface area contributed by atoms with Crippen LogP contribution in [-0.4, -0.2) is 66.4 Å². The highest BCUT2D eigenvalue weighted by Crippen LogP contribution is 2.42. The summed E-state index contributed by atoms with van der Waals surface area (Å²) >= 11 is 0. The summed E-state index contributed by atoms with van der Waals surface area (Å²) in [6, 6.07) is 4.13. The van der Waals surface area contributed by atoms with Crippen LogP contribution in [0.5, 0.6) is 0 Å². The van der Waals surface area contributed by atoms with Crippen LogP contribution in [-0.2, 0) is 4.79 Å². The summed E-state index contributed by atoms with van der Waals surface area (Å²) in [5, 5.41) is 0. The van der Waals surface area contributed by atoms with Gasteiger partial charge in [-0.1, -0.05) is 19.3 Å². The molecule has 3 heterocycles. The summed E-state index contributed by atoms with van der Waals surface area (Å²) in [4.78, 5) is 36.8. The molecule has 6 heteroatoms. The normalized spacial score (nSPS) is 26.1. The van der Waals surface area contributed by atoms with Gasteiger partial charge in [0.2, 0.25) is 5.91 Å². The van der Waals surface area contributed by atoms with Gasteiger partial charge in [-0.15, -0.1) is 0 Å². The van der Waals surface area contributed by atoms with E-state index in [0.29, 0.717) is 30.6 Å². The Hall–Kier alpha value is -2.11. The van der Waals surface area contributed by atoms with Crippen LogP contribution in [0.2, 0.25) is 0 Å². The van der Waals surface area contributed by atoms with Crippen LogP contribution in [0.1, 0.15) is 61.7 Å². The van der Waals surface area contributed by atoms with Crippen molar-refractivity contribution < 1.29 is 9.59 Å². The van der Waals surface area contributed by atoms with E-state index < -0.39 is 0 Å². The predicted octanol–water partition coefficient (Wildman–Crippen LogP) is 2.94. The first kappa shape index (κ1) is 19.2. The van der Waals surface area contributed by atoms with Crippen molar-refractivity contribution >= 4 is 17.6 Å². The molecule has 1 spiro atoms. The maximum atomic E-state index is 13.4. The molecule has 0 N–H and O–H groups in total. The van der Waals surface area contributed by atoms with Crippen molar-refractivity contribution in [2.75, 3.05) is 38.6 Å². The fourth-order valence-corrected chi connectivity index (χ4v) is 5.23. The van der Waals surface area contributed by atoms with Gasteiger partial charge >= 0.3 is 0 Å². The molecule has 1 aliphatic carbocycles. The van der Waals surface area contributed by atoms with Crippen molar-refractivity contribution in [3.05, 3.63) is 23.9 Å². The van der Waals surface area contributed by atoms with E-state index in [1.807, 2.05) is 36.0 Å². The van der Waals surface area contributed by atoms with Gasteiger partial charge in [0.15, 0.2) is 0 Å². The molecular formula is C22H32N4O2. The molecular weight excluding hydrogens is 352 g/mol. The van der Waals surface area contributed by atoms with Gasteiger partial charge in [-0.25, -0.2) is 4.98 Å². The molecule has 1 aromatic rings. The van der Waals surface area contributed by atoms with Gasteiger partial charge in [0.25, 0.3) is 5.91 Å². The first-order chi connectivity index (χ1) is 13.5. The monoisotopic (exact) mass is 384 g/mol. The van der Waals surface area contributed by atoms with Crippen molar-refractivity contribution in [2.24, 2.45) is 5.41 Å². The standard InChI is InChI=1S/C22H32N4O2/c1-24(2)19-10-9-17(15-23-19)20(27)25-14-12-22(16-25)11-6-13-26(21(22)28)18-7-4-3-5-8-18/h9-10,15,18H,3-8,11-14,16H2,1-2H3/t22-/m0/s1. The minimum atomic E-state index is -0.359. The van der Waals surface area contributed by atoms with Crippen molar-refractivity contribution in [3.63, 3.8) is 0 Å². The third-order valence-corrected chi connectivity index (χ3v) is 6.88. The Balaban J connectivity index is 1.46. The van der Waals surface area contributed by atoms with Crippen LogP contribution in [0.25, 0.3) is 0 Å². The molecule has 2 aliphatic heterocycles. The van der Waals surface area contributed by atoms with Crippen LogP contribution in [0.3, 0.4) is 0 Å². The summed E-state index contributed by atoms with van der Waals surface area (Å²) in [5.41, 5.74) is 0.248. The summed E-state index contributed by atoms with van der Waals surface area (Å²) in [6.07, 6.45) is 10.5. The Morgan fingerprint density at radius 1 is 1.11 bits per heavy atom. The molecule has 1 aromatic heterocycles. The number of carbonyl (C=O) groups is 2. The number of aromatic nitrogens is 1. The Morgan fingerprint density at radius 3 is 2.57 bits per heavy atom. The second-order valence-electron chi connectivity index (χ2n) is 8.95. The number of anilines is 1. The molecule has 3 fully saturated rings. The number of pyridine rings is 1. The van der Waals surface area contributed by atoms with Crippen molar-refractivity contribution in [2.45, 2.75) is 57.4 Å². The summed E-state index contributed by atoms with van der Waals surface area (Å²) in [6.45, 7) is 2.12. The number of nitrogens with zero attached hydrogens (tertiary/aromatic N) is 4. The molecule has 1 atom stereocenters. The Kier molecular flexibility index (Phi) is 5.30. The molecule has 0 aromatic carbocycles. The maximum absolute atomic E-state index is 13.4. The summed E-state index contributed by atoms with van der Waals surface area (Å²) in [7, 11) is 3.86. The van der Waals surface area contributed by atoms with Crippen LogP contribution in [0.4, 0.5) is 5.82 Å². The van der Waals surface area contributed by atoms with Crippen molar-refractivity contribution in [1.29, 1.82) is 0 Å². The Bertz CT molecular complexity index is 727. The summed E-state index contributed by atoms with van der Waals surface area (Å²) < 4.78 is 0. The number of hydrogen-bond donors (Lipinski definition) is 0. The zero-order valence-electron chi connectivity index (χ0n) is 17.2. The second kappa shape index (κ2) is 7.72. The number of hydrogen-bond acceptors (Lipinski definition) is 4. The minimum absolute atomic E-state index is 0.00253. The lowest BCUT2D eigenvalue weighted by molar-refractivity contribution is -0.149. The number of carbonyl (C=O) groups excluding carboxylic acids is 2. The number of likely N-dealkylation sites (tertiary alicyclic amines) is 2. The molecule has 2 amide bonds. The van der Waals surface area contributed by atoms with Gasteiger partial charge in [0.05, 0.1) is 11.0 Å². The van der Waals surface area contributed by atoms with E-state index in [2.05, 4.69) is 9.88 Å². The van der Waals surface area contributed by atoms with E-state index in [9.17, 15) is 9.59 Å².